The maximum absolute atomic E-state index is 14.5. The van der Waals surface area contributed by atoms with E-state index < -0.39 is 28.9 Å². The number of carbonyl (C=O) groups excluding carboxylic acids is 3. The molecule has 3 aliphatic heterocycles. The van der Waals surface area contributed by atoms with Gasteiger partial charge in [-0.1, -0.05) is 44.2 Å². The van der Waals surface area contributed by atoms with Crippen LogP contribution >= 0.6 is 0 Å². The zero-order valence-corrected chi connectivity index (χ0v) is 21.5. The van der Waals surface area contributed by atoms with Gasteiger partial charge < -0.3 is 24.4 Å². The van der Waals surface area contributed by atoms with E-state index in [1.54, 1.807) is 47.4 Å². The maximum atomic E-state index is 14.5. The van der Waals surface area contributed by atoms with Crippen LogP contribution in [0.3, 0.4) is 0 Å². The van der Waals surface area contributed by atoms with Crippen molar-refractivity contribution >= 4 is 29.0 Å². The quantitative estimate of drug-likeness (QED) is 0.233. The Morgan fingerprint density at radius 1 is 1.18 bits per heavy atom. The number of unbranched alkanes of at least 4 members (excludes halogenated alkanes) is 1. The third-order valence-electron chi connectivity index (χ3n) is 7.45. The highest BCUT2D eigenvalue weighted by Gasteiger charge is 2.67. The third-order valence-corrected chi connectivity index (χ3v) is 7.45. The number of anilines is 1. The minimum absolute atomic E-state index is 0.0807. The van der Waals surface area contributed by atoms with E-state index in [0.29, 0.717) is 42.3 Å². The van der Waals surface area contributed by atoms with Gasteiger partial charge in [0, 0.05) is 30.8 Å². The standard InChI is InChI=1S/C30H32N2O6/c1-3-5-16-31-24-11-7-6-10-23(24)30(29(31)36)25(26(33)20-12-14-21(15-13-20)37-17-4-2)27(34)28(35)32(30)19-22-9-8-18-38-22/h4,6-7,10-15,22,33H,2-3,5,8-9,16-19H2,1H3/t22-,30+/m0/s1. The van der Waals surface area contributed by atoms with Crippen LogP contribution in [0.1, 0.15) is 43.7 Å². The summed E-state index contributed by atoms with van der Waals surface area (Å²) >= 11 is 0. The number of aliphatic hydroxyl groups is 1. The molecule has 2 saturated heterocycles. The molecule has 0 radical (unpaired) electrons. The molecule has 2 aromatic carbocycles. The molecule has 0 aromatic heterocycles. The Kier molecular flexibility index (Phi) is 7.08. The summed E-state index contributed by atoms with van der Waals surface area (Å²) in [5.74, 6) is -1.93. The summed E-state index contributed by atoms with van der Waals surface area (Å²) in [4.78, 5) is 44.8. The molecule has 8 heteroatoms. The molecule has 0 bridgehead atoms. The van der Waals surface area contributed by atoms with Crippen LogP contribution in [-0.4, -0.2) is 60.0 Å². The zero-order chi connectivity index (χ0) is 26.9. The molecule has 3 heterocycles. The van der Waals surface area contributed by atoms with Crippen LogP contribution in [0.25, 0.3) is 5.76 Å². The number of aliphatic hydroxyl groups excluding tert-OH is 1. The molecule has 0 saturated carbocycles. The van der Waals surface area contributed by atoms with Crippen LogP contribution in [0, 0.1) is 0 Å². The molecule has 198 valence electrons. The van der Waals surface area contributed by atoms with E-state index in [-0.39, 0.29) is 18.2 Å². The van der Waals surface area contributed by atoms with Crippen molar-refractivity contribution in [3.63, 3.8) is 0 Å². The Morgan fingerprint density at radius 2 is 1.95 bits per heavy atom. The van der Waals surface area contributed by atoms with Crippen LogP contribution in [0.4, 0.5) is 5.69 Å². The van der Waals surface area contributed by atoms with E-state index in [9.17, 15) is 19.5 Å². The predicted molar refractivity (Wildman–Crippen MR) is 143 cm³/mol. The first kappa shape index (κ1) is 25.7. The van der Waals surface area contributed by atoms with Crippen molar-refractivity contribution in [3.05, 3.63) is 77.9 Å². The Labute approximate surface area is 222 Å². The maximum Gasteiger partial charge on any atom is 0.296 e. The molecule has 2 amide bonds. The number of fused-ring (bicyclic) bond motifs is 2. The molecule has 2 fully saturated rings. The number of hydrogen-bond acceptors (Lipinski definition) is 6. The summed E-state index contributed by atoms with van der Waals surface area (Å²) in [6.45, 7) is 7.07. The number of ether oxygens (including phenoxy) is 2. The fraction of sp³-hybridized carbons (Fsp3) is 0.367. The monoisotopic (exact) mass is 516 g/mol. The third kappa shape index (κ3) is 4.00. The minimum Gasteiger partial charge on any atom is -0.507 e. The van der Waals surface area contributed by atoms with Gasteiger partial charge in [0.05, 0.1) is 17.4 Å². The number of rotatable bonds is 9. The summed E-state index contributed by atoms with van der Waals surface area (Å²) in [6.07, 6.45) is 4.51. The fourth-order valence-electron chi connectivity index (χ4n) is 5.66. The smallest absolute Gasteiger partial charge is 0.296 e. The number of hydrogen-bond donors (Lipinski definition) is 1. The lowest BCUT2D eigenvalue weighted by atomic mass is 9.81. The summed E-state index contributed by atoms with van der Waals surface area (Å²) in [7, 11) is 0. The van der Waals surface area contributed by atoms with Crippen molar-refractivity contribution in [2.24, 2.45) is 0 Å². The largest absolute Gasteiger partial charge is 0.507 e. The van der Waals surface area contributed by atoms with Gasteiger partial charge >= 0.3 is 0 Å². The molecule has 0 aliphatic carbocycles. The average Bonchev–Trinajstić information content (AvgIpc) is 3.60. The summed E-state index contributed by atoms with van der Waals surface area (Å²) in [5.41, 5.74) is -0.512. The van der Waals surface area contributed by atoms with Crippen molar-refractivity contribution in [2.45, 2.75) is 44.2 Å². The van der Waals surface area contributed by atoms with Crippen LogP contribution in [0.5, 0.6) is 5.75 Å². The number of nitrogens with zero attached hydrogens (tertiary/aromatic N) is 2. The molecule has 1 N–H and O–H groups in total. The summed E-state index contributed by atoms with van der Waals surface area (Å²) < 4.78 is 11.3. The lowest BCUT2D eigenvalue weighted by Crippen LogP contribution is -2.54. The predicted octanol–water partition coefficient (Wildman–Crippen LogP) is 4.15. The van der Waals surface area contributed by atoms with Gasteiger partial charge in [0.2, 0.25) is 0 Å². The van der Waals surface area contributed by atoms with Crippen LogP contribution in [0.2, 0.25) is 0 Å². The summed E-state index contributed by atoms with van der Waals surface area (Å²) in [5, 5.41) is 11.6. The van der Waals surface area contributed by atoms with Crippen molar-refractivity contribution < 1.29 is 29.0 Å². The highest BCUT2D eigenvalue weighted by atomic mass is 16.5. The highest BCUT2D eigenvalue weighted by molar-refractivity contribution is 6.50. The molecule has 2 atom stereocenters. The van der Waals surface area contributed by atoms with Gasteiger partial charge in [-0.15, -0.1) is 0 Å². The van der Waals surface area contributed by atoms with Gasteiger partial charge in [0.15, 0.2) is 5.54 Å². The van der Waals surface area contributed by atoms with E-state index in [0.717, 1.165) is 25.7 Å². The second-order valence-electron chi connectivity index (χ2n) is 9.77. The number of benzene rings is 2. The molecule has 38 heavy (non-hydrogen) atoms. The van der Waals surface area contributed by atoms with Crippen molar-refractivity contribution in [2.75, 3.05) is 31.2 Å². The molecule has 8 nitrogen and oxygen atoms in total. The molecule has 2 aromatic rings. The lowest BCUT2D eigenvalue weighted by molar-refractivity contribution is -0.145. The van der Waals surface area contributed by atoms with Crippen LogP contribution < -0.4 is 9.64 Å². The first-order chi connectivity index (χ1) is 18.4. The molecule has 1 spiro atoms. The molecule has 5 rings (SSSR count). The van der Waals surface area contributed by atoms with Gasteiger partial charge in [-0.05, 0) is 49.6 Å². The minimum atomic E-state index is -1.77. The number of para-hydroxylation sites is 1. The van der Waals surface area contributed by atoms with Crippen LogP contribution in [0.15, 0.2) is 66.8 Å². The van der Waals surface area contributed by atoms with Crippen molar-refractivity contribution in [3.8, 4) is 5.75 Å². The van der Waals surface area contributed by atoms with Gasteiger partial charge in [0.1, 0.15) is 18.1 Å². The average molecular weight is 517 g/mol. The Hall–Kier alpha value is -3.91. The van der Waals surface area contributed by atoms with E-state index in [2.05, 4.69) is 6.58 Å². The topological polar surface area (TPSA) is 96.4 Å². The Morgan fingerprint density at radius 3 is 2.63 bits per heavy atom. The van der Waals surface area contributed by atoms with Gasteiger partial charge in [-0.25, -0.2) is 0 Å². The lowest BCUT2D eigenvalue weighted by Gasteiger charge is -2.35. The normalized spacial score (nSPS) is 23.9. The number of Topliss-reactive ketones (excluding diaryl/α,β-unsaturated/α-hetero) is 1. The number of amides is 2. The molecular formula is C30H32N2O6. The van der Waals surface area contributed by atoms with Gasteiger partial charge in [-0.2, -0.15) is 0 Å². The second kappa shape index (κ2) is 10.5. The van der Waals surface area contributed by atoms with Crippen molar-refractivity contribution in [1.82, 2.24) is 4.90 Å². The van der Waals surface area contributed by atoms with Crippen LogP contribution in [-0.2, 0) is 24.7 Å². The van der Waals surface area contributed by atoms with Gasteiger partial charge in [-0.3, -0.25) is 14.4 Å². The van der Waals surface area contributed by atoms with Crippen molar-refractivity contribution in [1.29, 1.82) is 0 Å². The molecule has 3 aliphatic rings. The van der Waals surface area contributed by atoms with Gasteiger partial charge in [0.25, 0.3) is 17.6 Å². The summed E-state index contributed by atoms with van der Waals surface area (Å²) in [6, 6.07) is 13.7. The Balaban J connectivity index is 1.70. The first-order valence-electron chi connectivity index (χ1n) is 13.1. The first-order valence-corrected chi connectivity index (χ1v) is 13.1. The Bertz CT molecular complexity index is 1290. The number of likely N-dealkylation sites (tertiary alicyclic amines) is 1. The SMILES string of the molecule is C=CCOc1ccc(C(O)=C2C(=O)C(=O)N(C[C@@H]3CCCO3)[C@@]23C(=O)N(CCCC)c2ccccc23)cc1. The van der Waals surface area contributed by atoms with E-state index >= 15 is 0 Å². The molecular weight excluding hydrogens is 484 g/mol. The number of carbonyl (C=O) groups is 3. The zero-order valence-electron chi connectivity index (χ0n) is 21.5. The van der Waals surface area contributed by atoms with E-state index in [1.807, 2.05) is 19.1 Å². The second-order valence-corrected chi connectivity index (χ2v) is 9.77. The number of ketones is 1. The fourth-order valence-corrected chi connectivity index (χ4v) is 5.66. The van der Waals surface area contributed by atoms with E-state index in [4.69, 9.17) is 9.47 Å². The molecule has 0 unspecified atom stereocenters. The van der Waals surface area contributed by atoms with E-state index in [1.165, 1.54) is 4.90 Å². The highest BCUT2D eigenvalue weighted by Crippen LogP contribution is 2.54.